The lowest BCUT2D eigenvalue weighted by Crippen LogP contribution is -2.11. The molecule has 0 heterocycles. The Morgan fingerprint density at radius 1 is 0.426 bits per heavy atom. The lowest BCUT2D eigenvalue weighted by atomic mass is 9.93. The number of hydrogen-bond donors (Lipinski definition) is 1. The van der Waals surface area contributed by atoms with E-state index in [0.717, 1.165) is 39.3 Å². The molecule has 7 aromatic carbocycles. The molecule has 7 aromatic rings. The predicted octanol–water partition coefficient (Wildman–Crippen LogP) is 13.4. The van der Waals surface area contributed by atoms with Crippen LogP contribution in [0.2, 0.25) is 0 Å². The molecule has 0 aliphatic heterocycles. The van der Waals surface area contributed by atoms with Crippen molar-refractivity contribution in [3.05, 3.63) is 231 Å². The fraction of sp³-hybridized carbons (Fsp3) is 0.115. The van der Waals surface area contributed by atoms with Crippen molar-refractivity contribution in [1.29, 1.82) is 0 Å². The van der Waals surface area contributed by atoms with Gasteiger partial charge in [0.1, 0.15) is 0 Å². The zero-order valence-corrected chi connectivity index (χ0v) is 31.8. The average molecular weight is 702 g/mol. The van der Waals surface area contributed by atoms with Gasteiger partial charge in [-0.3, -0.25) is 0 Å². The molecule has 2 nitrogen and oxygen atoms in total. The molecule has 0 saturated heterocycles. The van der Waals surface area contributed by atoms with Crippen LogP contribution in [0.5, 0.6) is 0 Å². The third kappa shape index (κ3) is 8.05. The van der Waals surface area contributed by atoms with Crippen LogP contribution in [-0.4, -0.2) is 5.11 Å². The summed E-state index contributed by atoms with van der Waals surface area (Å²) in [6.45, 7) is 10.8. The molecule has 0 spiro atoms. The van der Waals surface area contributed by atoms with Crippen molar-refractivity contribution in [1.82, 2.24) is 0 Å². The van der Waals surface area contributed by atoms with Gasteiger partial charge in [0.2, 0.25) is 0 Å². The zero-order valence-electron chi connectivity index (χ0n) is 31.8. The maximum Gasteiger partial charge on any atom is 0.0681 e. The van der Waals surface area contributed by atoms with E-state index in [2.05, 4.69) is 209 Å². The molecule has 7 rings (SSSR count). The van der Waals surface area contributed by atoms with Gasteiger partial charge in [0.05, 0.1) is 6.61 Å². The first-order valence-electron chi connectivity index (χ1n) is 18.7. The Morgan fingerprint density at radius 3 is 1.26 bits per heavy atom. The van der Waals surface area contributed by atoms with Gasteiger partial charge in [-0.2, -0.15) is 0 Å². The number of benzene rings is 7. The maximum atomic E-state index is 9.89. The molecule has 0 saturated carbocycles. The number of aliphatic hydroxyl groups is 1. The Hall–Kier alpha value is -6.22. The highest BCUT2D eigenvalue weighted by molar-refractivity contribution is 5.93. The standard InChI is InChI=1S/C52H47NO/c1-36-16-23-46(31-38(36)3)50(44-12-8-6-9-13-44)33-41-18-25-48(26-19-41)53(52-29-22-43(35-54)30-40(52)5)49-27-20-42(21-28-49)34-51(45-14-10-7-11-15-45)47-24-17-37(2)39(4)32-47/h6-34,54H,35H2,1-5H3/b50-33-,51-34-. The van der Waals surface area contributed by atoms with Gasteiger partial charge in [0, 0.05) is 17.1 Å². The molecule has 0 aromatic heterocycles. The minimum absolute atomic E-state index is 0.0116. The Morgan fingerprint density at radius 2 is 0.870 bits per heavy atom. The van der Waals surface area contributed by atoms with Crippen molar-refractivity contribution in [2.24, 2.45) is 0 Å². The number of hydrogen-bond acceptors (Lipinski definition) is 2. The highest BCUT2D eigenvalue weighted by atomic mass is 16.3. The van der Waals surface area contributed by atoms with Crippen molar-refractivity contribution < 1.29 is 5.11 Å². The van der Waals surface area contributed by atoms with Crippen LogP contribution in [0.1, 0.15) is 66.8 Å². The number of aliphatic hydroxyl groups excluding tert-OH is 1. The fourth-order valence-electron chi connectivity index (χ4n) is 6.99. The predicted molar refractivity (Wildman–Crippen MR) is 230 cm³/mol. The van der Waals surface area contributed by atoms with Crippen LogP contribution in [0.15, 0.2) is 164 Å². The third-order valence-corrected chi connectivity index (χ3v) is 10.4. The molecular formula is C52H47NO. The molecule has 0 aliphatic rings. The molecule has 0 unspecified atom stereocenters. The van der Waals surface area contributed by atoms with Crippen LogP contribution in [-0.2, 0) is 6.61 Å². The molecule has 0 bridgehead atoms. The molecule has 0 aliphatic carbocycles. The van der Waals surface area contributed by atoms with Gasteiger partial charge in [0.15, 0.2) is 0 Å². The molecule has 0 radical (unpaired) electrons. The van der Waals surface area contributed by atoms with Crippen LogP contribution in [0.4, 0.5) is 17.1 Å². The van der Waals surface area contributed by atoms with E-state index in [-0.39, 0.29) is 6.61 Å². The Labute approximate surface area is 321 Å². The first kappa shape index (κ1) is 36.2. The molecule has 1 N–H and O–H groups in total. The summed E-state index contributed by atoms with van der Waals surface area (Å²) in [6.07, 6.45) is 4.58. The van der Waals surface area contributed by atoms with E-state index in [0.29, 0.717) is 0 Å². The molecule has 2 heteroatoms. The lowest BCUT2D eigenvalue weighted by molar-refractivity contribution is 0.282. The molecule has 0 atom stereocenters. The fourth-order valence-corrected chi connectivity index (χ4v) is 6.99. The second-order valence-corrected chi connectivity index (χ2v) is 14.2. The summed E-state index contributed by atoms with van der Waals surface area (Å²) in [5.41, 5.74) is 19.8. The van der Waals surface area contributed by atoms with E-state index in [1.54, 1.807) is 0 Å². The van der Waals surface area contributed by atoms with Gasteiger partial charge in [-0.05, 0) is 155 Å². The molecule has 54 heavy (non-hydrogen) atoms. The SMILES string of the molecule is Cc1ccc(/C(=C\c2ccc(N(c3ccc(/C=C(/c4ccccc4)c4ccc(C)c(C)c4)cc3)c3ccc(CO)cc3C)cc2)c2ccccc2)cc1C. The smallest absolute Gasteiger partial charge is 0.0681 e. The maximum absolute atomic E-state index is 9.89. The number of nitrogens with zero attached hydrogens (tertiary/aromatic N) is 1. The first-order valence-corrected chi connectivity index (χ1v) is 18.7. The summed E-state index contributed by atoms with van der Waals surface area (Å²) in [4.78, 5) is 2.31. The average Bonchev–Trinajstić information content (AvgIpc) is 3.20. The van der Waals surface area contributed by atoms with E-state index in [4.69, 9.17) is 0 Å². The zero-order chi connectivity index (χ0) is 37.6. The number of rotatable bonds is 10. The highest BCUT2D eigenvalue weighted by Gasteiger charge is 2.16. The van der Waals surface area contributed by atoms with Crippen molar-refractivity contribution in [2.75, 3.05) is 4.90 Å². The molecule has 0 fully saturated rings. The van der Waals surface area contributed by atoms with Gasteiger partial charge in [-0.15, -0.1) is 0 Å². The summed E-state index contributed by atoms with van der Waals surface area (Å²) in [5, 5.41) is 9.89. The van der Waals surface area contributed by atoms with Crippen LogP contribution in [0.3, 0.4) is 0 Å². The highest BCUT2D eigenvalue weighted by Crippen LogP contribution is 2.38. The minimum atomic E-state index is 0.0116. The molecule has 266 valence electrons. The summed E-state index contributed by atoms with van der Waals surface area (Å²) < 4.78 is 0. The van der Waals surface area contributed by atoms with E-state index in [9.17, 15) is 5.11 Å². The second kappa shape index (κ2) is 16.2. The van der Waals surface area contributed by atoms with Gasteiger partial charge in [0.25, 0.3) is 0 Å². The second-order valence-electron chi connectivity index (χ2n) is 14.2. The van der Waals surface area contributed by atoms with Gasteiger partial charge in [-0.25, -0.2) is 0 Å². The van der Waals surface area contributed by atoms with Crippen molar-refractivity contribution in [3.63, 3.8) is 0 Å². The van der Waals surface area contributed by atoms with Gasteiger partial charge < -0.3 is 10.0 Å². The van der Waals surface area contributed by atoms with Gasteiger partial charge in [-0.1, -0.05) is 133 Å². The number of anilines is 3. The molecular weight excluding hydrogens is 655 g/mol. The van der Waals surface area contributed by atoms with Crippen LogP contribution in [0.25, 0.3) is 23.3 Å². The van der Waals surface area contributed by atoms with Crippen LogP contribution in [0, 0.1) is 34.6 Å². The summed E-state index contributed by atoms with van der Waals surface area (Å²) in [6, 6.07) is 58.5. The Balaban J connectivity index is 1.28. The minimum Gasteiger partial charge on any atom is -0.392 e. The van der Waals surface area contributed by atoms with Gasteiger partial charge >= 0.3 is 0 Å². The topological polar surface area (TPSA) is 23.5 Å². The molecule has 0 amide bonds. The largest absolute Gasteiger partial charge is 0.392 e. The Bertz CT molecular complexity index is 2290. The van der Waals surface area contributed by atoms with E-state index in [1.165, 1.54) is 55.7 Å². The van der Waals surface area contributed by atoms with Crippen molar-refractivity contribution >= 4 is 40.4 Å². The normalized spacial score (nSPS) is 11.8. The summed E-state index contributed by atoms with van der Waals surface area (Å²) >= 11 is 0. The number of aryl methyl sites for hydroxylation is 5. The third-order valence-electron chi connectivity index (χ3n) is 10.4. The Kier molecular flexibility index (Phi) is 10.8. The van der Waals surface area contributed by atoms with Crippen LogP contribution >= 0.6 is 0 Å². The van der Waals surface area contributed by atoms with E-state index in [1.807, 2.05) is 6.07 Å². The lowest BCUT2D eigenvalue weighted by Gasteiger charge is -2.27. The first-order chi connectivity index (χ1) is 26.3. The van der Waals surface area contributed by atoms with E-state index < -0.39 is 0 Å². The van der Waals surface area contributed by atoms with Crippen molar-refractivity contribution in [2.45, 2.75) is 41.2 Å². The van der Waals surface area contributed by atoms with Crippen molar-refractivity contribution in [3.8, 4) is 0 Å². The van der Waals surface area contributed by atoms with E-state index >= 15 is 0 Å². The summed E-state index contributed by atoms with van der Waals surface area (Å²) in [5.74, 6) is 0. The monoisotopic (exact) mass is 701 g/mol. The summed E-state index contributed by atoms with van der Waals surface area (Å²) in [7, 11) is 0. The van der Waals surface area contributed by atoms with Crippen LogP contribution < -0.4 is 4.90 Å². The quantitative estimate of drug-likeness (QED) is 0.144.